The fraction of sp³-hybridized carbons (Fsp3) is 0.250. The second kappa shape index (κ2) is 8.18. The topological polar surface area (TPSA) is 81.9 Å². The molecule has 0 unspecified atom stereocenters. The zero-order chi connectivity index (χ0) is 21.2. The van der Waals surface area contributed by atoms with Crippen molar-refractivity contribution in [2.24, 2.45) is 0 Å². The van der Waals surface area contributed by atoms with Gasteiger partial charge in [0.05, 0.1) is 11.2 Å². The van der Waals surface area contributed by atoms with Gasteiger partial charge in [0.2, 0.25) is 0 Å². The van der Waals surface area contributed by atoms with Gasteiger partial charge in [0.25, 0.3) is 0 Å². The lowest BCUT2D eigenvalue weighted by atomic mass is 9.96. The van der Waals surface area contributed by atoms with Crippen molar-refractivity contribution in [3.63, 3.8) is 0 Å². The summed E-state index contributed by atoms with van der Waals surface area (Å²) >= 11 is 0. The van der Waals surface area contributed by atoms with Crippen LogP contribution in [0.5, 0.6) is 5.75 Å². The molecule has 3 aromatic heterocycles. The minimum Gasteiger partial charge on any atom is -0.410 e. The molecule has 0 saturated heterocycles. The van der Waals surface area contributed by atoms with Crippen molar-refractivity contribution in [3.8, 4) is 28.3 Å². The van der Waals surface area contributed by atoms with E-state index in [0.717, 1.165) is 59.2 Å². The number of hydrogen-bond donors (Lipinski definition) is 1. The summed E-state index contributed by atoms with van der Waals surface area (Å²) in [5.41, 5.74) is 5.92. The van der Waals surface area contributed by atoms with Crippen LogP contribution in [0.15, 0.2) is 54.9 Å². The van der Waals surface area contributed by atoms with Crippen molar-refractivity contribution in [3.05, 3.63) is 60.6 Å². The molecule has 0 spiro atoms. The van der Waals surface area contributed by atoms with Crippen LogP contribution in [0.25, 0.3) is 33.4 Å². The number of carbonyl (C=O) groups excluding carboxylic acids is 1. The van der Waals surface area contributed by atoms with Gasteiger partial charge in [-0.3, -0.25) is 14.6 Å². The highest BCUT2D eigenvalue weighted by Gasteiger charge is 2.25. The second-order valence-electron chi connectivity index (χ2n) is 7.57. The van der Waals surface area contributed by atoms with Crippen molar-refractivity contribution in [1.82, 2.24) is 25.1 Å². The number of rotatable bonds is 5. The predicted molar refractivity (Wildman–Crippen MR) is 119 cm³/mol. The van der Waals surface area contributed by atoms with E-state index in [9.17, 15) is 4.79 Å². The largest absolute Gasteiger partial charge is 0.412 e. The fourth-order valence-electron chi connectivity index (χ4n) is 4.08. The lowest BCUT2D eigenvalue weighted by Crippen LogP contribution is -2.27. The number of aryl methyl sites for hydroxylation is 1. The quantitative estimate of drug-likeness (QED) is 0.517. The number of carbonyl (C=O) groups is 1. The first kappa shape index (κ1) is 19.2. The third-order valence-corrected chi connectivity index (χ3v) is 5.46. The van der Waals surface area contributed by atoms with Crippen LogP contribution in [-0.4, -0.2) is 32.4 Å². The maximum atomic E-state index is 11.9. The third kappa shape index (κ3) is 3.63. The summed E-state index contributed by atoms with van der Waals surface area (Å²) in [6.45, 7) is 3.50. The Bertz CT molecular complexity index is 1250. The van der Waals surface area contributed by atoms with E-state index in [4.69, 9.17) is 9.84 Å². The zero-order valence-corrected chi connectivity index (χ0v) is 17.3. The molecule has 4 aromatic rings. The number of aromatic nitrogens is 4. The minimum absolute atomic E-state index is 0.454. The zero-order valence-electron chi connectivity index (χ0n) is 17.3. The first-order valence-corrected chi connectivity index (χ1v) is 10.6. The fourth-order valence-corrected chi connectivity index (χ4v) is 4.08. The molecule has 5 rings (SSSR count). The highest BCUT2D eigenvalue weighted by Crippen LogP contribution is 2.40. The molecule has 156 valence electrons. The highest BCUT2D eigenvalue weighted by atomic mass is 16.6. The Kier molecular flexibility index (Phi) is 5.08. The average Bonchev–Trinajstić information content (AvgIpc) is 3.39. The van der Waals surface area contributed by atoms with E-state index in [1.54, 1.807) is 18.5 Å². The summed E-state index contributed by atoms with van der Waals surface area (Å²) in [4.78, 5) is 21.0. The molecule has 0 atom stereocenters. The monoisotopic (exact) mass is 413 g/mol. The Morgan fingerprint density at radius 3 is 2.94 bits per heavy atom. The van der Waals surface area contributed by atoms with Crippen LogP contribution < -0.4 is 10.1 Å². The van der Waals surface area contributed by atoms with Gasteiger partial charge >= 0.3 is 6.09 Å². The Morgan fingerprint density at radius 1 is 1.16 bits per heavy atom. The van der Waals surface area contributed by atoms with Gasteiger partial charge < -0.3 is 10.1 Å². The molecule has 1 aliphatic rings. The van der Waals surface area contributed by atoms with Crippen LogP contribution in [0.1, 0.15) is 25.5 Å². The van der Waals surface area contributed by atoms with Gasteiger partial charge in [-0.25, -0.2) is 4.79 Å². The third-order valence-electron chi connectivity index (χ3n) is 5.46. The summed E-state index contributed by atoms with van der Waals surface area (Å²) in [7, 11) is 0. The van der Waals surface area contributed by atoms with E-state index >= 15 is 0 Å². The summed E-state index contributed by atoms with van der Waals surface area (Å²) in [6, 6.07) is 13.5. The number of nitrogens with zero attached hydrogens (tertiary/aromatic N) is 4. The first-order chi connectivity index (χ1) is 15.2. The van der Waals surface area contributed by atoms with Crippen LogP contribution in [0.3, 0.4) is 0 Å². The molecule has 4 heterocycles. The molecule has 1 aromatic carbocycles. The van der Waals surface area contributed by atoms with Crippen LogP contribution >= 0.6 is 0 Å². The van der Waals surface area contributed by atoms with E-state index in [2.05, 4.69) is 20.0 Å². The van der Waals surface area contributed by atoms with E-state index < -0.39 is 6.09 Å². The molecule has 7 nitrogen and oxygen atoms in total. The standard InChI is InChI=1S/C24H23N5O2/c1-2-11-27-24(30)31-16-8-9-17-18(10-13-26-20(17)15-16)22-21-7-5-14-29(21)28-23(22)19-6-3-4-12-25-19/h3-4,6,8-10,12-13,15H,2,5,7,11,14H2,1H3,(H,27,30). The molecule has 7 heteroatoms. The Balaban J connectivity index is 1.59. The maximum absolute atomic E-state index is 11.9. The SMILES string of the molecule is CCCNC(=O)Oc1ccc2c(-c3c(-c4ccccn4)nn4c3CCC4)ccnc2c1. The number of fused-ring (bicyclic) bond motifs is 2. The highest BCUT2D eigenvalue weighted by molar-refractivity contribution is 5.99. The van der Waals surface area contributed by atoms with E-state index in [0.29, 0.717) is 12.3 Å². The molecule has 0 aliphatic carbocycles. The number of benzene rings is 1. The average molecular weight is 413 g/mol. The lowest BCUT2D eigenvalue weighted by molar-refractivity contribution is 0.200. The number of hydrogen-bond acceptors (Lipinski definition) is 5. The summed E-state index contributed by atoms with van der Waals surface area (Å²) < 4.78 is 7.50. The summed E-state index contributed by atoms with van der Waals surface area (Å²) in [6.07, 6.45) is 6.06. The molecule has 0 radical (unpaired) electrons. The molecule has 31 heavy (non-hydrogen) atoms. The Labute approximate surface area is 180 Å². The molecule has 1 N–H and O–H groups in total. The molecule has 0 saturated carbocycles. The second-order valence-corrected chi connectivity index (χ2v) is 7.57. The van der Waals surface area contributed by atoms with Gasteiger partial charge in [0.1, 0.15) is 11.4 Å². The molecule has 0 fully saturated rings. The molecule has 1 aliphatic heterocycles. The number of nitrogens with one attached hydrogen (secondary N) is 1. The number of amides is 1. The Hall–Kier alpha value is -3.74. The van der Waals surface area contributed by atoms with Gasteiger partial charge in [-0.1, -0.05) is 13.0 Å². The van der Waals surface area contributed by atoms with E-state index in [1.165, 1.54) is 5.69 Å². The van der Waals surface area contributed by atoms with E-state index in [-0.39, 0.29) is 0 Å². The predicted octanol–water partition coefficient (Wildman–Crippen LogP) is 4.60. The molecule has 0 bridgehead atoms. The van der Waals surface area contributed by atoms with Crippen LogP contribution in [0, 0.1) is 0 Å². The minimum atomic E-state index is -0.454. The lowest BCUT2D eigenvalue weighted by Gasteiger charge is -2.10. The number of pyridine rings is 2. The molecular weight excluding hydrogens is 390 g/mol. The van der Waals surface area contributed by atoms with Crippen molar-refractivity contribution >= 4 is 17.0 Å². The van der Waals surface area contributed by atoms with E-state index in [1.807, 2.05) is 43.3 Å². The normalized spacial score (nSPS) is 12.7. The smallest absolute Gasteiger partial charge is 0.410 e. The first-order valence-electron chi connectivity index (χ1n) is 10.6. The van der Waals surface area contributed by atoms with Crippen molar-refractivity contribution in [2.45, 2.75) is 32.7 Å². The molecular formula is C24H23N5O2. The molecule has 1 amide bonds. The van der Waals surface area contributed by atoms with Crippen molar-refractivity contribution in [2.75, 3.05) is 6.54 Å². The van der Waals surface area contributed by atoms with Crippen molar-refractivity contribution < 1.29 is 9.53 Å². The number of ether oxygens (including phenoxy) is 1. The van der Waals surface area contributed by atoms with Gasteiger partial charge in [-0.15, -0.1) is 0 Å². The van der Waals surface area contributed by atoms with Crippen molar-refractivity contribution in [1.29, 1.82) is 0 Å². The maximum Gasteiger partial charge on any atom is 0.412 e. The van der Waals surface area contributed by atoms with Gasteiger partial charge in [-0.2, -0.15) is 5.10 Å². The van der Waals surface area contributed by atoms with Crippen LogP contribution in [-0.2, 0) is 13.0 Å². The van der Waals surface area contributed by atoms with Gasteiger partial charge in [0.15, 0.2) is 0 Å². The van der Waals surface area contributed by atoms with Gasteiger partial charge in [0, 0.05) is 48.2 Å². The summed E-state index contributed by atoms with van der Waals surface area (Å²) in [5, 5.41) is 8.59. The summed E-state index contributed by atoms with van der Waals surface area (Å²) in [5.74, 6) is 0.468. The van der Waals surface area contributed by atoms with Crippen LogP contribution in [0.2, 0.25) is 0 Å². The Morgan fingerprint density at radius 2 is 2.10 bits per heavy atom. The van der Waals surface area contributed by atoms with Crippen LogP contribution in [0.4, 0.5) is 4.79 Å². The van der Waals surface area contributed by atoms with Gasteiger partial charge in [-0.05, 0) is 55.2 Å².